The number of methoxy groups -OCH3 is 1. The number of hydrogen-bond acceptors (Lipinski definition) is 5. The molecule has 0 aromatic heterocycles. The van der Waals surface area contributed by atoms with Crippen molar-refractivity contribution in [2.45, 2.75) is 25.0 Å². The van der Waals surface area contributed by atoms with Gasteiger partial charge in [0, 0.05) is 0 Å². The van der Waals surface area contributed by atoms with E-state index in [-0.39, 0.29) is 30.5 Å². The van der Waals surface area contributed by atoms with Crippen LogP contribution >= 0.6 is 0 Å². The Hall–Kier alpha value is -1.92. The number of fused-ring (bicyclic) bond motifs is 1. The number of likely N-dealkylation sites (tertiary alicyclic amines) is 1. The largest absolute Gasteiger partial charge is 0.497 e. The Labute approximate surface area is 122 Å². The molecule has 3 atom stereocenters. The number of aliphatic hydroxyl groups is 1. The number of nitrogens with zero attached hydrogens (tertiary/aromatic N) is 2. The number of imide groups is 1. The van der Waals surface area contributed by atoms with Crippen molar-refractivity contribution in [2.24, 2.45) is 0 Å². The van der Waals surface area contributed by atoms with Crippen LogP contribution in [0.25, 0.3) is 0 Å². The van der Waals surface area contributed by atoms with Crippen molar-refractivity contribution in [3.8, 4) is 5.75 Å². The third-order valence-corrected chi connectivity index (χ3v) is 4.40. The summed E-state index contributed by atoms with van der Waals surface area (Å²) in [5.41, 5.74) is 1.65. The van der Waals surface area contributed by atoms with Gasteiger partial charge in [0.25, 0.3) is 0 Å². The van der Waals surface area contributed by atoms with Crippen molar-refractivity contribution in [3.05, 3.63) is 29.3 Å². The summed E-state index contributed by atoms with van der Waals surface area (Å²) >= 11 is 0. The predicted octanol–water partition coefficient (Wildman–Crippen LogP) is 0.0884. The number of aliphatic hydroxyl groups excluding tert-OH is 1. The first-order valence-electron chi connectivity index (χ1n) is 6.85. The van der Waals surface area contributed by atoms with Gasteiger partial charge >= 0.3 is 0 Å². The van der Waals surface area contributed by atoms with E-state index in [4.69, 9.17) is 4.74 Å². The molecule has 2 saturated heterocycles. The van der Waals surface area contributed by atoms with Gasteiger partial charge in [0.1, 0.15) is 17.8 Å². The van der Waals surface area contributed by atoms with Crippen LogP contribution in [0.5, 0.6) is 5.75 Å². The van der Waals surface area contributed by atoms with Crippen LogP contribution < -0.4 is 4.74 Å². The lowest BCUT2D eigenvalue weighted by atomic mass is 10.00. The molecule has 21 heavy (non-hydrogen) atoms. The quantitative estimate of drug-likeness (QED) is 0.628. The minimum absolute atomic E-state index is 0.228. The summed E-state index contributed by atoms with van der Waals surface area (Å²) in [6.07, 6.45) is 0. The highest BCUT2D eigenvalue weighted by Crippen LogP contribution is 2.40. The number of piperazine rings is 1. The zero-order valence-electron chi connectivity index (χ0n) is 12.2. The summed E-state index contributed by atoms with van der Waals surface area (Å²) in [5, 5.41) is 9.73. The second kappa shape index (κ2) is 4.82. The highest BCUT2D eigenvalue weighted by Gasteiger charge is 2.65. The van der Waals surface area contributed by atoms with Crippen molar-refractivity contribution in [1.82, 2.24) is 9.80 Å². The number of hydrogen-bond donors (Lipinski definition) is 1. The molecule has 1 aromatic rings. The maximum Gasteiger partial charge on any atom is 0.249 e. The first-order valence-corrected chi connectivity index (χ1v) is 6.85. The summed E-state index contributed by atoms with van der Waals surface area (Å²) in [7, 11) is 3.31. The molecule has 2 heterocycles. The molecular formula is C15H18N2O4. The van der Waals surface area contributed by atoms with Crippen LogP contribution in [0.15, 0.2) is 18.2 Å². The molecule has 2 fully saturated rings. The van der Waals surface area contributed by atoms with Gasteiger partial charge < -0.3 is 9.84 Å². The molecule has 0 spiro atoms. The fraction of sp³-hybridized carbons (Fsp3) is 0.467. The average Bonchev–Trinajstić information content (AvgIpc) is 3.07. The van der Waals surface area contributed by atoms with Gasteiger partial charge in [0.05, 0.1) is 19.8 Å². The first kappa shape index (κ1) is 14.0. The maximum atomic E-state index is 12.3. The van der Waals surface area contributed by atoms with Gasteiger partial charge in [-0.2, -0.15) is 0 Å². The zero-order valence-corrected chi connectivity index (χ0v) is 12.2. The van der Waals surface area contributed by atoms with Crippen LogP contribution in [-0.2, 0) is 9.59 Å². The fourth-order valence-electron chi connectivity index (χ4n) is 3.08. The second-order valence-electron chi connectivity index (χ2n) is 5.52. The smallest absolute Gasteiger partial charge is 0.249 e. The summed E-state index contributed by atoms with van der Waals surface area (Å²) in [6, 6.07) is 4.09. The molecule has 6 heteroatoms. The molecule has 2 unspecified atom stereocenters. The van der Waals surface area contributed by atoms with E-state index in [9.17, 15) is 14.7 Å². The highest BCUT2D eigenvalue weighted by atomic mass is 16.5. The summed E-state index contributed by atoms with van der Waals surface area (Å²) in [5.74, 6) is 0.179. The molecule has 2 aliphatic rings. The standard InChI is InChI=1S/C15H18N2O4/c1-8-4-5-9(21-3)6-10(8)11(7-18)17-14(19)12-13(15(17)20)16(12)2/h4-6,11-13,18H,7H2,1-3H3/t11-,12?,13?,16?/m0/s1. The number of likely N-dealkylation sites (N-methyl/N-ethyl adjacent to an activating group) is 1. The summed E-state index contributed by atoms with van der Waals surface area (Å²) in [6.45, 7) is 1.59. The predicted molar refractivity (Wildman–Crippen MR) is 74.7 cm³/mol. The SMILES string of the molecule is COc1ccc(C)c([C@H](CO)N2C(=O)C3C(C2=O)N3C)c1. The number of carbonyl (C=O) groups excluding carboxylic acids is 2. The summed E-state index contributed by atoms with van der Waals surface area (Å²) in [4.78, 5) is 27.6. The van der Waals surface area contributed by atoms with E-state index in [1.165, 1.54) is 4.90 Å². The van der Waals surface area contributed by atoms with E-state index < -0.39 is 6.04 Å². The number of aryl methyl sites for hydroxylation is 1. The minimum atomic E-state index is -0.652. The van der Waals surface area contributed by atoms with Gasteiger partial charge in [0.15, 0.2) is 0 Å². The Bertz CT molecular complexity index is 594. The molecule has 6 nitrogen and oxygen atoms in total. The number of ether oxygens (including phenoxy) is 1. The molecule has 3 rings (SSSR count). The van der Waals surface area contributed by atoms with E-state index in [0.29, 0.717) is 5.75 Å². The maximum absolute atomic E-state index is 12.3. The van der Waals surface area contributed by atoms with Gasteiger partial charge in [-0.25, -0.2) is 0 Å². The molecular weight excluding hydrogens is 272 g/mol. The number of carbonyl (C=O) groups is 2. The Morgan fingerprint density at radius 3 is 2.43 bits per heavy atom. The van der Waals surface area contributed by atoms with Crippen LogP contribution in [0, 0.1) is 6.92 Å². The molecule has 1 aromatic carbocycles. The number of benzene rings is 1. The topological polar surface area (TPSA) is 69.9 Å². The summed E-state index contributed by atoms with van der Waals surface area (Å²) < 4.78 is 5.19. The Kier molecular flexibility index (Phi) is 3.22. The molecule has 0 radical (unpaired) electrons. The van der Waals surface area contributed by atoms with Crippen LogP contribution in [0.4, 0.5) is 0 Å². The first-order chi connectivity index (χ1) is 10.0. The monoisotopic (exact) mass is 290 g/mol. The minimum Gasteiger partial charge on any atom is -0.497 e. The molecule has 1 N–H and O–H groups in total. The molecule has 0 bridgehead atoms. The molecule has 2 amide bonds. The van der Waals surface area contributed by atoms with Crippen molar-refractivity contribution in [2.75, 3.05) is 20.8 Å². The van der Waals surface area contributed by atoms with Crippen LogP contribution in [0.1, 0.15) is 17.2 Å². The zero-order chi connectivity index (χ0) is 15.3. The number of amides is 2. The molecule has 2 aliphatic heterocycles. The van der Waals surface area contributed by atoms with Crippen molar-refractivity contribution < 1.29 is 19.4 Å². The lowest BCUT2D eigenvalue weighted by Gasteiger charge is -2.28. The van der Waals surface area contributed by atoms with Gasteiger partial charge in [-0.05, 0) is 37.2 Å². The van der Waals surface area contributed by atoms with Crippen LogP contribution in [-0.4, -0.2) is 59.6 Å². The van der Waals surface area contributed by atoms with Crippen molar-refractivity contribution in [1.29, 1.82) is 0 Å². The highest BCUT2D eigenvalue weighted by molar-refractivity contribution is 6.13. The van der Waals surface area contributed by atoms with Gasteiger partial charge in [0.2, 0.25) is 11.8 Å². The normalized spacial score (nSPS) is 28.6. The van der Waals surface area contributed by atoms with Crippen LogP contribution in [0.2, 0.25) is 0 Å². The molecule has 0 saturated carbocycles. The van der Waals surface area contributed by atoms with Crippen LogP contribution in [0.3, 0.4) is 0 Å². The van der Waals surface area contributed by atoms with Gasteiger partial charge in [-0.3, -0.25) is 19.4 Å². The van der Waals surface area contributed by atoms with Crippen molar-refractivity contribution in [3.63, 3.8) is 0 Å². The van der Waals surface area contributed by atoms with Crippen molar-refractivity contribution >= 4 is 11.8 Å². The van der Waals surface area contributed by atoms with Gasteiger partial charge in [-0.15, -0.1) is 0 Å². The van der Waals surface area contributed by atoms with E-state index in [0.717, 1.165) is 11.1 Å². The van der Waals surface area contributed by atoms with E-state index >= 15 is 0 Å². The lowest BCUT2D eigenvalue weighted by molar-refractivity contribution is -0.146. The van der Waals surface area contributed by atoms with E-state index in [2.05, 4.69) is 0 Å². The Balaban J connectivity index is 1.96. The second-order valence-corrected chi connectivity index (χ2v) is 5.52. The third-order valence-electron chi connectivity index (χ3n) is 4.40. The lowest BCUT2D eigenvalue weighted by Crippen LogP contribution is -2.42. The Morgan fingerprint density at radius 2 is 1.90 bits per heavy atom. The van der Waals surface area contributed by atoms with E-state index in [1.807, 2.05) is 19.1 Å². The van der Waals surface area contributed by atoms with Gasteiger partial charge in [-0.1, -0.05) is 6.07 Å². The van der Waals surface area contributed by atoms with E-state index in [1.54, 1.807) is 25.1 Å². The fourth-order valence-corrected chi connectivity index (χ4v) is 3.08. The molecule has 0 aliphatic carbocycles. The third kappa shape index (κ3) is 1.94. The number of rotatable bonds is 4. The Morgan fingerprint density at radius 1 is 1.29 bits per heavy atom. The average molecular weight is 290 g/mol. The molecule has 112 valence electrons.